The number of halogens is 2. The smallest absolute Gasteiger partial charge is 0.277 e. The number of carbonyl (C=O) groups is 2. The molecule has 140 valence electrons. The van der Waals surface area contributed by atoms with Crippen molar-refractivity contribution in [1.29, 1.82) is 0 Å². The fourth-order valence-electron chi connectivity index (χ4n) is 2.47. The van der Waals surface area contributed by atoms with Gasteiger partial charge < -0.3 is 0 Å². The molecule has 0 unspecified atom stereocenters. The van der Waals surface area contributed by atoms with Crippen LogP contribution in [0.15, 0.2) is 78.2 Å². The summed E-state index contributed by atoms with van der Waals surface area (Å²) in [7, 11) is 0. The summed E-state index contributed by atoms with van der Waals surface area (Å²) in [6.07, 6.45) is 4.77. The summed E-state index contributed by atoms with van der Waals surface area (Å²) in [5.41, 5.74) is 4.07. The molecule has 0 spiro atoms. The Kier molecular flexibility index (Phi) is 6.53. The minimum Gasteiger partial charge on any atom is -0.287 e. The van der Waals surface area contributed by atoms with E-state index in [1.807, 2.05) is 18.2 Å². The fraction of sp³-hybridized carbons (Fsp3) is 0.0476. The van der Waals surface area contributed by atoms with E-state index in [4.69, 9.17) is 23.2 Å². The predicted molar refractivity (Wildman–Crippen MR) is 109 cm³/mol. The van der Waals surface area contributed by atoms with Crippen molar-refractivity contribution in [1.82, 2.24) is 5.43 Å². The largest absolute Gasteiger partial charge is 0.287 e. The van der Waals surface area contributed by atoms with E-state index in [0.29, 0.717) is 26.7 Å². The lowest BCUT2D eigenvalue weighted by atomic mass is 10.1. The third kappa shape index (κ3) is 5.25. The van der Waals surface area contributed by atoms with Crippen LogP contribution < -0.4 is 9.99 Å². The maximum atomic E-state index is 12.3. The molecule has 1 amide bonds. The Morgan fingerprint density at radius 2 is 1.75 bits per heavy atom. The molecule has 0 fully saturated rings. The maximum absolute atomic E-state index is 12.3. The first kappa shape index (κ1) is 19.7. The monoisotopic (exact) mass is 412 g/mol. The molecule has 7 heteroatoms. The first-order valence-electron chi connectivity index (χ1n) is 8.39. The number of ketones is 1. The van der Waals surface area contributed by atoms with Gasteiger partial charge in [-0.05, 0) is 18.2 Å². The summed E-state index contributed by atoms with van der Waals surface area (Å²) in [6.45, 7) is 0.134. The Morgan fingerprint density at radius 3 is 2.50 bits per heavy atom. The summed E-state index contributed by atoms with van der Waals surface area (Å²) < 4.78 is 1.66. The van der Waals surface area contributed by atoms with E-state index in [1.54, 1.807) is 59.4 Å². The van der Waals surface area contributed by atoms with Gasteiger partial charge in [0.05, 0.1) is 11.2 Å². The molecule has 0 aliphatic rings. The van der Waals surface area contributed by atoms with Crippen LogP contribution >= 0.6 is 23.2 Å². The van der Waals surface area contributed by atoms with Crippen LogP contribution in [0.1, 0.15) is 26.3 Å². The van der Waals surface area contributed by atoms with E-state index in [-0.39, 0.29) is 12.3 Å². The summed E-state index contributed by atoms with van der Waals surface area (Å²) in [5.74, 6) is -0.443. The van der Waals surface area contributed by atoms with Crippen molar-refractivity contribution >= 4 is 41.1 Å². The SMILES string of the molecule is O=C(C[n+]1cccc(C(=O)N/N=C/c2ccc(Cl)cc2Cl)c1)c1ccccc1. The first-order valence-corrected chi connectivity index (χ1v) is 9.14. The van der Waals surface area contributed by atoms with Crippen LogP contribution in [0, 0.1) is 0 Å². The van der Waals surface area contributed by atoms with Gasteiger partial charge >= 0.3 is 0 Å². The van der Waals surface area contributed by atoms with Crippen LogP contribution in [-0.4, -0.2) is 17.9 Å². The molecule has 5 nitrogen and oxygen atoms in total. The van der Waals surface area contributed by atoms with Gasteiger partial charge in [-0.1, -0.05) is 59.6 Å². The van der Waals surface area contributed by atoms with Crippen molar-refractivity contribution in [3.05, 3.63) is 99.8 Å². The van der Waals surface area contributed by atoms with Crippen LogP contribution in [0.25, 0.3) is 0 Å². The lowest BCUT2D eigenvalue weighted by Crippen LogP contribution is -2.38. The van der Waals surface area contributed by atoms with E-state index < -0.39 is 5.91 Å². The van der Waals surface area contributed by atoms with E-state index in [0.717, 1.165) is 0 Å². The number of hydrazone groups is 1. The Bertz CT molecular complexity index is 1040. The highest BCUT2D eigenvalue weighted by atomic mass is 35.5. The summed E-state index contributed by atoms with van der Waals surface area (Å²) >= 11 is 11.9. The van der Waals surface area contributed by atoms with E-state index in [9.17, 15) is 9.59 Å². The highest BCUT2D eigenvalue weighted by Gasteiger charge is 2.14. The molecule has 1 aromatic heterocycles. The number of amides is 1. The molecular formula is C21H16Cl2N3O2+. The molecule has 0 aliphatic carbocycles. The standard InChI is InChI=1S/C21H15Cl2N3O2/c22-18-9-8-16(19(23)11-18)12-24-25-21(28)17-7-4-10-26(13-17)14-20(27)15-5-2-1-3-6-15/h1-13H,14H2/p+1/b24-12+. The fourth-order valence-corrected chi connectivity index (χ4v) is 2.92. The molecule has 0 saturated carbocycles. The zero-order valence-electron chi connectivity index (χ0n) is 14.7. The molecule has 3 rings (SSSR count). The van der Waals surface area contributed by atoms with Crippen molar-refractivity contribution in [2.24, 2.45) is 5.10 Å². The number of pyridine rings is 1. The Labute approximate surface area is 172 Å². The molecule has 3 aromatic rings. The number of Topliss-reactive ketones (excluding diaryl/α,β-unsaturated/α-hetero) is 1. The van der Waals surface area contributed by atoms with Gasteiger partial charge in [-0.15, -0.1) is 0 Å². The van der Waals surface area contributed by atoms with Crippen LogP contribution in [-0.2, 0) is 6.54 Å². The minimum atomic E-state index is -0.400. The second-order valence-electron chi connectivity index (χ2n) is 5.92. The second kappa shape index (κ2) is 9.26. The van der Waals surface area contributed by atoms with Crippen LogP contribution in [0.3, 0.4) is 0 Å². The van der Waals surface area contributed by atoms with Crippen LogP contribution in [0.5, 0.6) is 0 Å². The zero-order valence-corrected chi connectivity index (χ0v) is 16.2. The van der Waals surface area contributed by atoms with Crippen molar-refractivity contribution in [3.63, 3.8) is 0 Å². The number of benzene rings is 2. The molecule has 0 bridgehead atoms. The highest BCUT2D eigenvalue weighted by Crippen LogP contribution is 2.19. The molecule has 0 atom stereocenters. The van der Waals surface area contributed by atoms with Gasteiger partial charge in [0, 0.05) is 22.2 Å². The van der Waals surface area contributed by atoms with E-state index in [2.05, 4.69) is 10.5 Å². The zero-order chi connectivity index (χ0) is 19.9. The average molecular weight is 413 g/mol. The van der Waals surface area contributed by atoms with Gasteiger partial charge in [0.15, 0.2) is 12.4 Å². The van der Waals surface area contributed by atoms with Gasteiger partial charge in [-0.2, -0.15) is 9.67 Å². The second-order valence-corrected chi connectivity index (χ2v) is 6.76. The molecule has 0 aliphatic heterocycles. The van der Waals surface area contributed by atoms with Crippen LogP contribution in [0.2, 0.25) is 10.0 Å². The summed E-state index contributed by atoms with van der Waals surface area (Å²) in [5, 5.41) is 4.87. The van der Waals surface area contributed by atoms with Gasteiger partial charge in [0.1, 0.15) is 5.56 Å². The molecule has 0 radical (unpaired) electrons. The molecule has 1 heterocycles. The average Bonchev–Trinajstić information content (AvgIpc) is 2.70. The third-order valence-corrected chi connectivity index (χ3v) is 4.44. The molecular weight excluding hydrogens is 397 g/mol. The van der Waals surface area contributed by atoms with Gasteiger partial charge in [-0.25, -0.2) is 5.43 Å². The number of rotatable bonds is 6. The number of nitrogens with zero attached hydrogens (tertiary/aromatic N) is 2. The van der Waals surface area contributed by atoms with Gasteiger partial charge in [0.25, 0.3) is 5.91 Å². The van der Waals surface area contributed by atoms with Gasteiger partial charge in [0.2, 0.25) is 12.3 Å². The first-order chi connectivity index (χ1) is 13.5. The third-order valence-electron chi connectivity index (χ3n) is 3.87. The lowest BCUT2D eigenvalue weighted by Gasteiger charge is -2.01. The lowest BCUT2D eigenvalue weighted by molar-refractivity contribution is -0.683. The van der Waals surface area contributed by atoms with Crippen LogP contribution in [0.4, 0.5) is 0 Å². The minimum absolute atomic E-state index is 0.0430. The van der Waals surface area contributed by atoms with E-state index >= 15 is 0 Å². The Morgan fingerprint density at radius 1 is 1.00 bits per heavy atom. The number of aromatic nitrogens is 1. The number of carbonyl (C=O) groups excluding carboxylic acids is 2. The Hall–Kier alpha value is -3.02. The number of hydrogen-bond donors (Lipinski definition) is 1. The maximum Gasteiger partial charge on any atom is 0.277 e. The summed E-state index contributed by atoms with van der Waals surface area (Å²) in [6, 6.07) is 17.3. The van der Waals surface area contributed by atoms with Crippen molar-refractivity contribution in [2.75, 3.05) is 0 Å². The van der Waals surface area contributed by atoms with Gasteiger partial charge in [-0.3, -0.25) is 9.59 Å². The van der Waals surface area contributed by atoms with Crippen molar-refractivity contribution < 1.29 is 14.2 Å². The molecule has 1 N–H and O–H groups in total. The topological polar surface area (TPSA) is 62.4 Å². The van der Waals surface area contributed by atoms with Crippen molar-refractivity contribution in [2.45, 2.75) is 6.54 Å². The normalized spacial score (nSPS) is 10.8. The number of hydrogen-bond acceptors (Lipinski definition) is 3. The van der Waals surface area contributed by atoms with Crippen molar-refractivity contribution in [3.8, 4) is 0 Å². The molecule has 2 aromatic carbocycles. The number of nitrogens with one attached hydrogen (secondary N) is 1. The highest BCUT2D eigenvalue weighted by molar-refractivity contribution is 6.36. The molecule has 0 saturated heterocycles. The Balaban J connectivity index is 1.65. The predicted octanol–water partition coefficient (Wildman–Crippen LogP) is 3.93. The quantitative estimate of drug-likeness (QED) is 0.288. The molecule has 28 heavy (non-hydrogen) atoms. The summed E-state index contributed by atoms with van der Waals surface area (Å²) in [4.78, 5) is 24.6. The van der Waals surface area contributed by atoms with E-state index in [1.165, 1.54) is 6.21 Å².